The third-order valence-electron chi connectivity index (χ3n) is 4.45. The molecule has 4 rings (SSSR count). The average molecular weight is 335 g/mol. The molecule has 0 radical (unpaired) electrons. The SMILES string of the molecule is Cc1ccc2[nH]c(-c3nc4ccccc4s3)c(CCCCN)c2c1. The monoisotopic (exact) mass is 335 g/mol. The Kier molecular flexibility index (Phi) is 4.08. The smallest absolute Gasteiger partial charge is 0.141 e. The van der Waals surface area contributed by atoms with Gasteiger partial charge in [-0.15, -0.1) is 11.3 Å². The predicted molar refractivity (Wildman–Crippen MR) is 104 cm³/mol. The number of H-pyrrole nitrogens is 1. The van der Waals surface area contributed by atoms with E-state index >= 15 is 0 Å². The van der Waals surface area contributed by atoms with Crippen molar-refractivity contribution in [1.29, 1.82) is 0 Å². The first-order chi connectivity index (χ1) is 11.8. The molecular formula is C20H21N3S. The number of rotatable bonds is 5. The van der Waals surface area contributed by atoms with Crippen LogP contribution in [0.15, 0.2) is 42.5 Å². The summed E-state index contributed by atoms with van der Waals surface area (Å²) in [6, 6.07) is 14.9. The fourth-order valence-corrected chi connectivity index (χ4v) is 4.22. The normalized spacial score (nSPS) is 11.6. The molecule has 3 nitrogen and oxygen atoms in total. The van der Waals surface area contributed by atoms with Crippen LogP contribution in [0.5, 0.6) is 0 Å². The number of unbranched alkanes of at least 4 members (excludes halogenated alkanes) is 1. The number of thiazole rings is 1. The van der Waals surface area contributed by atoms with Crippen LogP contribution in [0.3, 0.4) is 0 Å². The van der Waals surface area contributed by atoms with E-state index in [4.69, 9.17) is 10.7 Å². The molecule has 0 aliphatic heterocycles. The van der Waals surface area contributed by atoms with Crippen LogP contribution < -0.4 is 5.73 Å². The lowest BCUT2D eigenvalue weighted by Crippen LogP contribution is -1.99. The highest BCUT2D eigenvalue weighted by atomic mass is 32.1. The first-order valence-corrected chi connectivity index (χ1v) is 9.25. The Morgan fingerprint density at radius 1 is 1.12 bits per heavy atom. The van der Waals surface area contributed by atoms with E-state index in [0.29, 0.717) is 0 Å². The highest BCUT2D eigenvalue weighted by Crippen LogP contribution is 2.36. The molecule has 0 aliphatic rings. The van der Waals surface area contributed by atoms with E-state index in [9.17, 15) is 0 Å². The summed E-state index contributed by atoms with van der Waals surface area (Å²) in [6.45, 7) is 2.89. The molecule has 24 heavy (non-hydrogen) atoms. The zero-order valence-electron chi connectivity index (χ0n) is 13.8. The van der Waals surface area contributed by atoms with Crippen LogP contribution in [-0.4, -0.2) is 16.5 Å². The third-order valence-corrected chi connectivity index (χ3v) is 5.50. The van der Waals surface area contributed by atoms with Gasteiger partial charge in [-0.25, -0.2) is 4.98 Å². The van der Waals surface area contributed by atoms with Gasteiger partial charge in [0.05, 0.1) is 15.9 Å². The first-order valence-electron chi connectivity index (χ1n) is 8.43. The lowest BCUT2D eigenvalue weighted by molar-refractivity contribution is 0.748. The van der Waals surface area contributed by atoms with Gasteiger partial charge in [-0.3, -0.25) is 0 Å². The van der Waals surface area contributed by atoms with Gasteiger partial charge in [-0.05, 0) is 62.6 Å². The molecule has 4 aromatic rings. The van der Waals surface area contributed by atoms with Crippen molar-refractivity contribution in [3.8, 4) is 10.7 Å². The summed E-state index contributed by atoms with van der Waals surface area (Å²) in [7, 11) is 0. The maximum Gasteiger partial charge on any atom is 0.141 e. The lowest BCUT2D eigenvalue weighted by Gasteiger charge is -2.03. The molecule has 2 aromatic carbocycles. The molecule has 0 atom stereocenters. The number of aromatic nitrogens is 2. The van der Waals surface area contributed by atoms with Crippen molar-refractivity contribution < 1.29 is 0 Å². The summed E-state index contributed by atoms with van der Waals surface area (Å²) in [5, 5.41) is 2.40. The lowest BCUT2D eigenvalue weighted by atomic mass is 10.0. The second-order valence-electron chi connectivity index (χ2n) is 6.26. The van der Waals surface area contributed by atoms with Crippen molar-refractivity contribution in [2.75, 3.05) is 6.54 Å². The highest BCUT2D eigenvalue weighted by Gasteiger charge is 2.16. The number of nitrogens with one attached hydrogen (secondary N) is 1. The summed E-state index contributed by atoms with van der Waals surface area (Å²) in [6.07, 6.45) is 3.19. The second-order valence-corrected chi connectivity index (χ2v) is 7.29. The zero-order valence-corrected chi connectivity index (χ0v) is 14.6. The summed E-state index contributed by atoms with van der Waals surface area (Å²) in [5.41, 5.74) is 11.8. The number of benzene rings is 2. The number of nitrogens with zero attached hydrogens (tertiary/aromatic N) is 1. The van der Waals surface area contributed by atoms with Crippen molar-refractivity contribution in [2.45, 2.75) is 26.2 Å². The van der Waals surface area contributed by atoms with Gasteiger partial charge in [-0.2, -0.15) is 0 Å². The molecule has 0 unspecified atom stereocenters. The van der Waals surface area contributed by atoms with Crippen molar-refractivity contribution in [3.05, 3.63) is 53.6 Å². The molecule has 3 N–H and O–H groups in total. The number of aryl methyl sites for hydroxylation is 2. The molecule has 0 aliphatic carbocycles. The topological polar surface area (TPSA) is 54.7 Å². The van der Waals surface area contributed by atoms with Crippen LogP contribution in [0.2, 0.25) is 0 Å². The van der Waals surface area contributed by atoms with E-state index < -0.39 is 0 Å². The van der Waals surface area contributed by atoms with E-state index in [1.807, 2.05) is 6.07 Å². The minimum atomic E-state index is 0.748. The zero-order chi connectivity index (χ0) is 16.5. The van der Waals surface area contributed by atoms with E-state index in [1.54, 1.807) is 11.3 Å². The molecular weight excluding hydrogens is 314 g/mol. The van der Waals surface area contributed by atoms with Crippen LogP contribution in [0, 0.1) is 6.92 Å². The molecule has 2 heterocycles. The number of nitrogens with two attached hydrogens (primary N) is 1. The molecule has 0 amide bonds. The largest absolute Gasteiger partial charge is 0.352 e. The standard InChI is InChI=1S/C20H21N3S/c1-13-9-10-16-15(12-13)14(6-4-5-11-21)19(22-16)20-23-17-7-2-3-8-18(17)24-20/h2-3,7-10,12,22H,4-6,11,21H2,1H3. The van der Waals surface area contributed by atoms with E-state index in [-0.39, 0.29) is 0 Å². The molecule has 4 heteroatoms. The number of hydrogen-bond acceptors (Lipinski definition) is 3. The minimum absolute atomic E-state index is 0.748. The number of fused-ring (bicyclic) bond motifs is 2. The average Bonchev–Trinajstić information content (AvgIpc) is 3.16. The fraction of sp³-hybridized carbons (Fsp3) is 0.250. The second kappa shape index (κ2) is 6.38. The van der Waals surface area contributed by atoms with Crippen LogP contribution in [0.1, 0.15) is 24.0 Å². The van der Waals surface area contributed by atoms with Gasteiger partial charge in [0, 0.05) is 10.9 Å². The van der Waals surface area contributed by atoms with Crippen LogP contribution in [-0.2, 0) is 6.42 Å². The summed E-state index contributed by atoms with van der Waals surface area (Å²) >= 11 is 1.76. The Hall–Kier alpha value is -2.17. The maximum absolute atomic E-state index is 5.69. The van der Waals surface area contributed by atoms with E-state index in [0.717, 1.165) is 36.3 Å². The Morgan fingerprint density at radius 2 is 2.00 bits per heavy atom. The van der Waals surface area contributed by atoms with Crippen LogP contribution in [0.4, 0.5) is 0 Å². The van der Waals surface area contributed by atoms with E-state index in [2.05, 4.69) is 48.3 Å². The Labute approximate surface area is 145 Å². The van der Waals surface area contributed by atoms with Gasteiger partial charge in [0.15, 0.2) is 0 Å². The molecule has 122 valence electrons. The molecule has 2 aromatic heterocycles. The Bertz CT molecular complexity index is 964. The summed E-state index contributed by atoms with van der Waals surface area (Å²) in [5.74, 6) is 0. The molecule has 0 fully saturated rings. The van der Waals surface area contributed by atoms with Gasteiger partial charge in [0.2, 0.25) is 0 Å². The third kappa shape index (κ3) is 2.72. The molecule has 0 saturated carbocycles. The maximum atomic E-state index is 5.69. The Morgan fingerprint density at radius 3 is 2.83 bits per heavy atom. The van der Waals surface area contributed by atoms with Crippen molar-refractivity contribution in [3.63, 3.8) is 0 Å². The van der Waals surface area contributed by atoms with Crippen molar-refractivity contribution in [2.24, 2.45) is 5.73 Å². The van der Waals surface area contributed by atoms with Crippen molar-refractivity contribution in [1.82, 2.24) is 9.97 Å². The van der Waals surface area contributed by atoms with Gasteiger partial charge in [-0.1, -0.05) is 23.8 Å². The van der Waals surface area contributed by atoms with Crippen LogP contribution >= 0.6 is 11.3 Å². The number of hydrogen-bond donors (Lipinski definition) is 2. The predicted octanol–water partition coefficient (Wildman–Crippen LogP) is 5.03. The highest BCUT2D eigenvalue weighted by molar-refractivity contribution is 7.21. The molecule has 0 spiro atoms. The molecule has 0 bridgehead atoms. The number of aromatic amines is 1. The minimum Gasteiger partial charge on any atom is -0.352 e. The quantitative estimate of drug-likeness (QED) is 0.502. The fourth-order valence-electron chi connectivity index (χ4n) is 3.23. The van der Waals surface area contributed by atoms with Gasteiger partial charge >= 0.3 is 0 Å². The van der Waals surface area contributed by atoms with Gasteiger partial charge in [0.25, 0.3) is 0 Å². The first kappa shape index (κ1) is 15.4. The van der Waals surface area contributed by atoms with Crippen LogP contribution in [0.25, 0.3) is 31.8 Å². The summed E-state index contributed by atoms with van der Waals surface area (Å²) in [4.78, 5) is 8.46. The van der Waals surface area contributed by atoms with Crippen molar-refractivity contribution >= 4 is 32.5 Å². The van der Waals surface area contributed by atoms with Gasteiger partial charge in [0.1, 0.15) is 5.01 Å². The van der Waals surface area contributed by atoms with Gasteiger partial charge < -0.3 is 10.7 Å². The number of para-hydroxylation sites is 1. The summed E-state index contributed by atoms with van der Waals surface area (Å²) < 4.78 is 1.23. The Balaban J connectivity index is 1.87. The molecule has 0 saturated heterocycles. The van der Waals surface area contributed by atoms with E-state index in [1.165, 1.54) is 32.4 Å².